The Hall–Kier alpha value is -5.49. The molecular weight excluding hydrogens is 892 g/mol. The zero-order valence-electron chi connectivity index (χ0n) is 26.5. The van der Waals surface area contributed by atoms with Crippen molar-refractivity contribution in [1.29, 1.82) is 5.53 Å². The fourth-order valence-corrected chi connectivity index (χ4v) is 2.09. The normalized spacial score (nSPS) is 14.3. The van der Waals surface area contributed by atoms with Gasteiger partial charge in [-0.25, -0.2) is 9.79 Å². The fourth-order valence-electron chi connectivity index (χ4n) is 1.58. The molecule has 0 saturated carbocycles. The number of carbonyl (C=O) groups is 1. The summed E-state index contributed by atoms with van der Waals surface area (Å²) in [6.45, 7) is 0. The number of nitrogens with one attached hydrogen (secondary N) is 1. The van der Waals surface area contributed by atoms with Crippen LogP contribution in [0.3, 0.4) is 0 Å². The van der Waals surface area contributed by atoms with Crippen molar-refractivity contribution in [2.75, 3.05) is 14.2 Å². The first kappa shape index (κ1) is 58.8. The largest absolute Gasteiger partial charge is 0.756 e. The van der Waals surface area contributed by atoms with Gasteiger partial charge < -0.3 is 41.0 Å². The van der Waals surface area contributed by atoms with Gasteiger partial charge in [-0.15, -0.1) is 10.1 Å². The number of phosphoric acid groups is 2. The number of hydrogen-bond acceptors (Lipinski definition) is 10. The van der Waals surface area contributed by atoms with Crippen molar-refractivity contribution in [2.45, 2.75) is 19.9 Å². The second-order valence-electron chi connectivity index (χ2n) is 6.47. The molecule has 1 aromatic carbocycles. The predicted molar refractivity (Wildman–Crippen MR) is 166 cm³/mol. The van der Waals surface area contributed by atoms with E-state index in [4.69, 9.17) is 36.2 Å². The molecule has 55 heavy (non-hydrogen) atoms. The van der Waals surface area contributed by atoms with E-state index in [0.29, 0.717) is 5.56 Å². The molecule has 0 fully saturated rings. The van der Waals surface area contributed by atoms with Gasteiger partial charge in [0.05, 0.1) is 0 Å². The van der Waals surface area contributed by atoms with E-state index in [0.717, 1.165) is 14.2 Å². The minimum Gasteiger partial charge on any atom is -0.756 e. The average Bonchev–Trinajstić information content (AvgIpc) is 3.12. The smallest absolute Gasteiger partial charge is 0.527 e. The Morgan fingerprint density at radius 1 is 0.800 bits per heavy atom. The molecule has 0 spiro atoms. The van der Waals surface area contributed by atoms with Gasteiger partial charge in [-0.3, -0.25) is 24.0 Å². The van der Waals surface area contributed by atoms with Gasteiger partial charge in [0.25, 0.3) is 7.82 Å². The number of aliphatic carboxylic acids is 1. The van der Waals surface area contributed by atoms with Crippen LogP contribution in [0.25, 0.3) is 5.53 Å². The van der Waals surface area contributed by atoms with E-state index in [-0.39, 0.29) is 52.3 Å². The van der Waals surface area contributed by atoms with Crippen LogP contribution >= 0.6 is 24.7 Å². The van der Waals surface area contributed by atoms with E-state index in [9.17, 15) is 18.8 Å². The van der Waals surface area contributed by atoms with Crippen LogP contribution in [-0.2, 0) is 62.1 Å². The molecule has 43 heteroatoms. The molecule has 299 valence electrons. The second-order valence-corrected chi connectivity index (χ2v) is 9.46. The van der Waals surface area contributed by atoms with Gasteiger partial charge in [0, 0.05) is 56.0 Å². The van der Waals surface area contributed by atoms with Crippen molar-refractivity contribution in [3.8, 4) is 5.75 Å². The van der Waals surface area contributed by atoms with Crippen molar-refractivity contribution in [2.24, 2.45) is 142 Å². The third-order valence-corrected chi connectivity index (χ3v) is 4.77. The van der Waals surface area contributed by atoms with Crippen molar-refractivity contribution < 1.29 is 80.0 Å². The Labute approximate surface area is 332 Å². The van der Waals surface area contributed by atoms with Crippen LogP contribution in [0.15, 0.2) is 154 Å². The van der Waals surface area contributed by atoms with Crippen LogP contribution in [0.5, 0.6) is 5.75 Å². The van der Waals surface area contributed by atoms with Crippen LogP contribution < -0.4 is 21.0 Å². The van der Waals surface area contributed by atoms with Gasteiger partial charge >= 0.3 is 13.8 Å². The predicted octanol–water partition coefficient (Wildman–Crippen LogP) is 5.67. The average molecular weight is 918 g/mol. The fraction of sp³-hybridized carbons (Fsp3) is 0.417. The second kappa shape index (κ2) is 41.3. The van der Waals surface area contributed by atoms with Gasteiger partial charge in [0.15, 0.2) is 0 Å². The summed E-state index contributed by atoms with van der Waals surface area (Å²) in [7, 11) is -3.89. The number of carboxylic acid groups (broad SMARTS) is 1. The number of benzene rings is 1. The monoisotopic (exact) mass is 918 g/mol. The molecule has 1 aromatic rings. The molecule has 0 bridgehead atoms. The van der Waals surface area contributed by atoms with Crippen LogP contribution in [0.4, 0.5) is 0 Å². The van der Waals surface area contributed by atoms with Gasteiger partial charge in [-0.2, -0.15) is 5.53 Å². The summed E-state index contributed by atoms with van der Waals surface area (Å²) in [5.41, 5.74) is 19.9. The number of rotatable bonds is 19. The topological polar surface area (TPSA) is 570 Å². The van der Waals surface area contributed by atoms with E-state index in [1.807, 2.05) is 0 Å². The van der Waals surface area contributed by atoms with E-state index < -0.39 is 27.7 Å². The van der Waals surface area contributed by atoms with Gasteiger partial charge in [0.1, 0.15) is 11.8 Å². The molecule has 3 atom stereocenters. The molecule has 0 amide bonds. The molecule has 1 rings (SSSR count). The van der Waals surface area contributed by atoms with Gasteiger partial charge in [-0.05, 0) is 129 Å². The maximum atomic E-state index is 11.1. The summed E-state index contributed by atoms with van der Waals surface area (Å²) in [5, 5.41) is 77.3. The number of nitrogens with zero attached hydrogens (tertiary/aromatic N) is 26. The molecule has 0 aliphatic carbocycles. The molecule has 0 saturated heterocycles. The Balaban J connectivity index is -0.000000209. The molecule has 3 unspecified atom stereocenters. The summed E-state index contributed by atoms with van der Waals surface area (Å²) in [4.78, 5) is 39.7. The Morgan fingerprint density at radius 2 is 1.16 bits per heavy atom. The first-order valence-electron chi connectivity index (χ1n) is 11.7. The van der Waals surface area contributed by atoms with E-state index in [1.165, 1.54) is 12.1 Å². The van der Waals surface area contributed by atoms with Crippen molar-refractivity contribution >= 4 is 30.6 Å². The van der Waals surface area contributed by atoms with Crippen molar-refractivity contribution in [1.82, 2.24) is 0 Å². The standard InChI is InChI=1S/C10H14NO6P.CH5O4P.CH4.H3N14P.HN14.Y/c1-16-18(14,15)17-8-4-2-7(3-5-8)6-9(11)10(12)13;1-5-6(2,3)4;;1-2-3-4-5-6-7-8-9-10-11-12-13-14-15;1-3-5-7-9-11-13-14-12-10-8-6-4-2;/h2-5,9H,6,11H2,1H3,(H,12,13)(H,14,15);1H3,(H2,2,3,4);1H4;15H,(H2,1,3,5,7,9,11,13);1H;/q;;;;-1;/p-1/b;;;;3-1?,7-5+,8-6+,11-9+,12-10+,14-13+;. The number of phosphoric ester groups is 2. The number of hydrogen-bond donors (Lipinski definition) is 6. The molecule has 8 N–H and O–H groups in total. The maximum Gasteiger partial charge on any atom is 0.527 e. The third kappa shape index (κ3) is 48.5. The van der Waals surface area contributed by atoms with Crippen molar-refractivity contribution in [3.63, 3.8) is 0 Å². The molecule has 1 radical (unpaired) electrons. The third-order valence-electron chi connectivity index (χ3n) is 3.32. The summed E-state index contributed by atoms with van der Waals surface area (Å²) < 4.78 is 32.9. The Kier molecular flexibility index (Phi) is 44.1. The summed E-state index contributed by atoms with van der Waals surface area (Å²) in [6.07, 6.45) is 0.163. The first-order chi connectivity index (χ1) is 25.2. The zero-order chi connectivity index (χ0) is 40.6. The molecular formula is C12H26N29O10P3Y-2. The Bertz CT molecular complexity index is 1600. The summed E-state index contributed by atoms with van der Waals surface area (Å²) in [6, 6.07) is 5.01. The number of nitrogens with two attached hydrogens (primary N) is 2. The summed E-state index contributed by atoms with van der Waals surface area (Å²) in [5.74, 6) is 3.64. The van der Waals surface area contributed by atoms with Crippen LogP contribution in [0.2, 0.25) is 0 Å². The van der Waals surface area contributed by atoms with Crippen LogP contribution in [-0.4, -0.2) is 41.1 Å². The maximum absolute atomic E-state index is 11.1. The van der Waals surface area contributed by atoms with Gasteiger partial charge in [-0.1, -0.05) is 24.8 Å². The molecule has 0 aliphatic rings. The Morgan fingerprint density at radius 3 is 1.47 bits per heavy atom. The number of carboxylic acids is 1. The quantitative estimate of drug-likeness (QED) is 0.0423. The van der Waals surface area contributed by atoms with E-state index in [1.54, 1.807) is 12.1 Å². The minimum atomic E-state index is -4.40. The zero-order valence-corrected chi connectivity index (χ0v) is 32.2. The minimum absolute atomic E-state index is 0. The van der Waals surface area contributed by atoms with Gasteiger partial charge in [0.2, 0.25) is 0 Å². The van der Waals surface area contributed by atoms with Crippen molar-refractivity contribution in [3.05, 3.63) is 35.4 Å². The molecule has 0 aromatic heterocycles. The van der Waals surface area contributed by atoms with Crippen LogP contribution in [0, 0.1) is 5.53 Å². The van der Waals surface area contributed by atoms with E-state index >= 15 is 0 Å². The van der Waals surface area contributed by atoms with E-state index in [2.05, 4.69) is 154 Å². The molecule has 0 aliphatic heterocycles. The van der Waals surface area contributed by atoms with Crippen LogP contribution in [0.1, 0.15) is 13.0 Å². The first-order valence-corrected chi connectivity index (χ1v) is 15.1. The molecule has 39 nitrogen and oxygen atoms in total. The SMILES string of the molecule is C.COP(=O)(O)Oc1ccc(CC(N)C(=O)O)cc1.COP(=O)([O-])O.NN=NN=NN=NN=NN=NN=NN=P.[N-]=N/N=N/N=N/N=N/N=N/N=N/N=N.[Y]. The molecule has 0 heterocycles. The summed E-state index contributed by atoms with van der Waals surface area (Å²) >= 11 is 0.